The van der Waals surface area contributed by atoms with Gasteiger partial charge in [0.25, 0.3) is 6.43 Å². The van der Waals surface area contributed by atoms with Crippen molar-refractivity contribution in [2.45, 2.75) is 11.8 Å². The molecule has 1 aromatic rings. The van der Waals surface area contributed by atoms with E-state index in [4.69, 9.17) is 0 Å². The zero-order chi connectivity index (χ0) is 8.43. The zero-order valence-corrected chi connectivity index (χ0v) is 7.35. The molecule has 0 aliphatic carbocycles. The predicted molar refractivity (Wildman–Crippen MR) is 38.6 cm³/mol. The summed E-state index contributed by atoms with van der Waals surface area (Å²) >= 11 is 3.10. The van der Waals surface area contributed by atoms with Crippen molar-refractivity contribution in [1.29, 1.82) is 0 Å². The van der Waals surface area contributed by atoms with Crippen LogP contribution in [0.25, 0.3) is 0 Å². The van der Waals surface area contributed by atoms with Gasteiger partial charge in [-0.1, -0.05) is 15.9 Å². The van der Waals surface area contributed by atoms with Gasteiger partial charge in [-0.2, -0.15) is 0 Å². The van der Waals surface area contributed by atoms with Crippen molar-refractivity contribution in [2.24, 2.45) is 7.05 Å². The van der Waals surface area contributed by atoms with Crippen molar-refractivity contribution in [1.82, 2.24) is 14.8 Å². The van der Waals surface area contributed by atoms with Crippen LogP contribution in [-0.4, -0.2) is 14.8 Å². The van der Waals surface area contributed by atoms with E-state index in [2.05, 4.69) is 26.1 Å². The lowest BCUT2D eigenvalue weighted by atomic mass is 10.6. The third kappa shape index (κ3) is 1.55. The summed E-state index contributed by atoms with van der Waals surface area (Å²) in [6, 6.07) is 0. The Labute approximate surface area is 70.6 Å². The normalized spacial score (nSPS) is 11.0. The first-order valence-corrected chi connectivity index (χ1v) is 4.01. The molecular weight excluding hydrogens is 220 g/mol. The molecule has 11 heavy (non-hydrogen) atoms. The molecule has 0 aromatic carbocycles. The minimum Gasteiger partial charge on any atom is -0.313 e. The first-order chi connectivity index (χ1) is 5.16. The van der Waals surface area contributed by atoms with E-state index in [-0.39, 0.29) is 5.82 Å². The van der Waals surface area contributed by atoms with Crippen LogP contribution in [0.1, 0.15) is 18.1 Å². The monoisotopic (exact) mass is 225 g/mol. The molecule has 62 valence electrons. The first kappa shape index (κ1) is 8.58. The number of hydrogen-bond donors (Lipinski definition) is 0. The summed E-state index contributed by atoms with van der Waals surface area (Å²) in [4.78, 5) is 0. The molecule has 0 saturated heterocycles. The molecule has 0 amide bonds. The Morgan fingerprint density at radius 2 is 2.18 bits per heavy atom. The molecule has 0 fully saturated rings. The van der Waals surface area contributed by atoms with Crippen LogP contribution in [-0.2, 0) is 12.4 Å². The zero-order valence-electron chi connectivity index (χ0n) is 5.76. The summed E-state index contributed by atoms with van der Waals surface area (Å²) < 4.78 is 25.4. The van der Waals surface area contributed by atoms with Gasteiger partial charge >= 0.3 is 0 Å². The number of aromatic nitrogens is 3. The van der Waals surface area contributed by atoms with Gasteiger partial charge in [0.1, 0.15) is 5.82 Å². The minimum absolute atomic E-state index is 0.292. The Morgan fingerprint density at radius 1 is 1.55 bits per heavy atom. The molecule has 0 N–H and O–H groups in total. The van der Waals surface area contributed by atoms with E-state index in [1.807, 2.05) is 0 Å². The van der Waals surface area contributed by atoms with Crippen LogP contribution >= 0.6 is 15.9 Å². The van der Waals surface area contributed by atoms with E-state index in [1.54, 1.807) is 0 Å². The van der Waals surface area contributed by atoms with Crippen molar-refractivity contribution in [3.63, 3.8) is 0 Å². The second-order valence-corrected chi connectivity index (χ2v) is 2.53. The maximum Gasteiger partial charge on any atom is 0.297 e. The van der Waals surface area contributed by atoms with E-state index < -0.39 is 6.43 Å². The van der Waals surface area contributed by atoms with Crippen LogP contribution in [0.5, 0.6) is 0 Å². The summed E-state index contributed by atoms with van der Waals surface area (Å²) in [6.07, 6.45) is -2.56. The Hall–Kier alpha value is -0.520. The summed E-state index contributed by atoms with van der Waals surface area (Å²) in [5.41, 5.74) is 0. The lowest BCUT2D eigenvalue weighted by Crippen LogP contribution is -2.00. The van der Waals surface area contributed by atoms with Gasteiger partial charge in [0.05, 0.1) is 5.33 Å². The summed E-state index contributed by atoms with van der Waals surface area (Å²) in [5, 5.41) is 7.29. The van der Waals surface area contributed by atoms with E-state index in [0.717, 1.165) is 0 Å². The molecular formula is C5H6BrF2N3. The fraction of sp³-hybridized carbons (Fsp3) is 0.600. The van der Waals surface area contributed by atoms with Crippen LogP contribution in [0.3, 0.4) is 0 Å². The maximum absolute atomic E-state index is 12.0. The maximum atomic E-state index is 12.0. The molecule has 0 unspecified atom stereocenters. The topological polar surface area (TPSA) is 30.7 Å². The van der Waals surface area contributed by atoms with Gasteiger partial charge in [0, 0.05) is 7.05 Å². The van der Waals surface area contributed by atoms with Gasteiger partial charge in [-0.05, 0) is 0 Å². The Kier molecular flexibility index (Phi) is 2.53. The first-order valence-electron chi connectivity index (χ1n) is 2.89. The molecule has 0 atom stereocenters. The number of rotatable bonds is 2. The highest BCUT2D eigenvalue weighted by molar-refractivity contribution is 9.08. The number of alkyl halides is 3. The van der Waals surface area contributed by atoms with Crippen LogP contribution in [0.4, 0.5) is 8.78 Å². The fourth-order valence-corrected chi connectivity index (χ4v) is 1.17. The fourth-order valence-electron chi connectivity index (χ4n) is 0.682. The lowest BCUT2D eigenvalue weighted by Gasteiger charge is -1.98. The van der Waals surface area contributed by atoms with Crippen LogP contribution in [0, 0.1) is 0 Å². The largest absolute Gasteiger partial charge is 0.313 e. The molecule has 3 nitrogen and oxygen atoms in total. The smallest absolute Gasteiger partial charge is 0.297 e. The van der Waals surface area contributed by atoms with Gasteiger partial charge in [0.15, 0.2) is 5.82 Å². The standard InChI is InChI=1S/C5H6BrF2N3/c1-11-3(2-6)9-10-5(11)4(7)8/h4H,2H2,1H3. The van der Waals surface area contributed by atoms with E-state index in [9.17, 15) is 8.78 Å². The van der Waals surface area contributed by atoms with Gasteiger partial charge in [-0.15, -0.1) is 10.2 Å². The summed E-state index contributed by atoms with van der Waals surface area (Å²) in [5.74, 6) is 0.208. The van der Waals surface area contributed by atoms with Crippen LogP contribution in [0.2, 0.25) is 0 Å². The SMILES string of the molecule is Cn1c(CBr)nnc1C(F)F. The van der Waals surface area contributed by atoms with Crippen molar-refractivity contribution in [2.75, 3.05) is 0 Å². The molecule has 0 aliphatic rings. The van der Waals surface area contributed by atoms with Crippen molar-refractivity contribution >= 4 is 15.9 Å². The second kappa shape index (κ2) is 3.25. The molecule has 1 rings (SSSR count). The van der Waals surface area contributed by atoms with Crippen LogP contribution < -0.4 is 0 Å². The molecule has 1 heterocycles. The highest BCUT2D eigenvalue weighted by atomic mass is 79.9. The minimum atomic E-state index is -2.56. The summed E-state index contributed by atoms with van der Waals surface area (Å²) in [6.45, 7) is 0. The Morgan fingerprint density at radius 3 is 2.45 bits per heavy atom. The van der Waals surface area contributed by atoms with Crippen molar-refractivity contribution in [3.8, 4) is 0 Å². The number of halogens is 3. The average molecular weight is 226 g/mol. The second-order valence-electron chi connectivity index (χ2n) is 1.97. The highest BCUT2D eigenvalue weighted by Gasteiger charge is 2.16. The molecule has 0 saturated carbocycles. The van der Waals surface area contributed by atoms with Crippen molar-refractivity contribution < 1.29 is 8.78 Å². The third-order valence-electron chi connectivity index (χ3n) is 1.31. The van der Waals surface area contributed by atoms with E-state index >= 15 is 0 Å². The quantitative estimate of drug-likeness (QED) is 0.717. The van der Waals surface area contributed by atoms with Gasteiger partial charge in [-0.3, -0.25) is 0 Å². The number of nitrogens with zero attached hydrogens (tertiary/aromatic N) is 3. The molecule has 0 bridgehead atoms. The molecule has 6 heteroatoms. The van der Waals surface area contributed by atoms with Gasteiger partial charge in [-0.25, -0.2) is 8.78 Å². The van der Waals surface area contributed by atoms with E-state index in [1.165, 1.54) is 11.6 Å². The molecule has 0 radical (unpaired) electrons. The summed E-state index contributed by atoms with van der Waals surface area (Å²) in [7, 11) is 1.51. The lowest BCUT2D eigenvalue weighted by molar-refractivity contribution is 0.136. The highest BCUT2D eigenvalue weighted by Crippen LogP contribution is 2.16. The van der Waals surface area contributed by atoms with Gasteiger partial charge in [0.2, 0.25) is 0 Å². The van der Waals surface area contributed by atoms with Crippen LogP contribution in [0.15, 0.2) is 0 Å². The Balaban J connectivity index is 3.00. The third-order valence-corrected chi connectivity index (χ3v) is 1.81. The van der Waals surface area contributed by atoms with Crippen molar-refractivity contribution in [3.05, 3.63) is 11.6 Å². The number of hydrogen-bond acceptors (Lipinski definition) is 2. The predicted octanol–water partition coefficient (Wildman–Crippen LogP) is 1.65. The molecule has 1 aromatic heterocycles. The van der Waals surface area contributed by atoms with E-state index in [0.29, 0.717) is 11.2 Å². The molecule has 0 spiro atoms. The average Bonchev–Trinajstić information content (AvgIpc) is 2.30. The molecule has 0 aliphatic heterocycles. The Bertz CT molecular complexity index is 248. The van der Waals surface area contributed by atoms with Gasteiger partial charge < -0.3 is 4.57 Å².